The van der Waals surface area contributed by atoms with E-state index in [0.29, 0.717) is 29.0 Å². The zero-order valence-corrected chi connectivity index (χ0v) is 16.0. The molecule has 28 heavy (non-hydrogen) atoms. The summed E-state index contributed by atoms with van der Waals surface area (Å²) in [4.78, 5) is 28.9. The number of benzene rings is 2. The molecule has 0 aliphatic rings. The molecule has 142 valence electrons. The number of carbonyl (C=O) groups excluding carboxylic acids is 1. The number of nitrogens with one attached hydrogen (secondary N) is 1. The van der Waals surface area contributed by atoms with Gasteiger partial charge in [-0.1, -0.05) is 47.2 Å². The third kappa shape index (κ3) is 4.07. The van der Waals surface area contributed by atoms with Gasteiger partial charge in [0.2, 0.25) is 5.91 Å². The van der Waals surface area contributed by atoms with Crippen molar-refractivity contribution < 1.29 is 4.79 Å². The van der Waals surface area contributed by atoms with Crippen LogP contribution in [0.5, 0.6) is 0 Å². The summed E-state index contributed by atoms with van der Waals surface area (Å²) in [6.07, 6.45) is 2.76. The van der Waals surface area contributed by atoms with Gasteiger partial charge >= 0.3 is 0 Å². The number of aryl methyl sites for hydroxylation is 1. The van der Waals surface area contributed by atoms with E-state index in [1.54, 1.807) is 12.1 Å². The van der Waals surface area contributed by atoms with Gasteiger partial charge in [-0.15, -0.1) is 5.10 Å². The number of fused-ring (bicyclic) bond motifs is 2. The number of anilines is 1. The number of hydrogen-bond acceptors (Lipinski definition) is 6. The van der Waals surface area contributed by atoms with E-state index in [0.717, 1.165) is 29.5 Å². The summed E-state index contributed by atoms with van der Waals surface area (Å²) in [6, 6.07) is 15.0. The highest BCUT2D eigenvalue weighted by Gasteiger charge is 2.08. The Morgan fingerprint density at radius 3 is 2.64 bits per heavy atom. The molecule has 0 fully saturated rings. The van der Waals surface area contributed by atoms with Crippen LogP contribution in [0, 0.1) is 0 Å². The summed E-state index contributed by atoms with van der Waals surface area (Å²) in [5, 5.41) is 12.1. The molecule has 0 aliphatic carbocycles. The molecule has 0 saturated heterocycles. The second kappa shape index (κ2) is 8.26. The maximum atomic E-state index is 12.4. The quantitative estimate of drug-likeness (QED) is 0.485. The second-order valence-electron chi connectivity index (χ2n) is 6.48. The van der Waals surface area contributed by atoms with E-state index in [2.05, 4.69) is 20.6 Å². The van der Waals surface area contributed by atoms with E-state index >= 15 is 0 Å². The Morgan fingerprint density at radius 2 is 1.79 bits per heavy atom. The minimum Gasteiger partial charge on any atom is -0.302 e. The molecular weight excluding hydrogens is 374 g/mol. The van der Waals surface area contributed by atoms with Gasteiger partial charge in [0.1, 0.15) is 5.52 Å². The summed E-state index contributed by atoms with van der Waals surface area (Å²) >= 11 is 1.47. The van der Waals surface area contributed by atoms with Gasteiger partial charge in [0.15, 0.2) is 5.13 Å². The van der Waals surface area contributed by atoms with E-state index in [1.807, 2.05) is 36.4 Å². The predicted octanol–water partition coefficient (Wildman–Crippen LogP) is 3.60. The normalized spacial score (nSPS) is 11.1. The van der Waals surface area contributed by atoms with Gasteiger partial charge in [-0.25, -0.2) is 9.67 Å². The Hall–Kier alpha value is -3.13. The molecule has 2 aromatic heterocycles. The summed E-state index contributed by atoms with van der Waals surface area (Å²) in [5.74, 6) is -0.0401. The van der Waals surface area contributed by atoms with Crippen LogP contribution in [0.3, 0.4) is 0 Å². The van der Waals surface area contributed by atoms with Crippen molar-refractivity contribution in [1.82, 2.24) is 20.0 Å². The van der Waals surface area contributed by atoms with E-state index in [4.69, 9.17) is 0 Å². The van der Waals surface area contributed by atoms with Crippen molar-refractivity contribution in [2.45, 2.75) is 32.2 Å². The molecule has 0 unspecified atom stereocenters. The van der Waals surface area contributed by atoms with Crippen molar-refractivity contribution in [2.24, 2.45) is 0 Å². The van der Waals surface area contributed by atoms with Crippen molar-refractivity contribution in [3.63, 3.8) is 0 Å². The first-order chi connectivity index (χ1) is 13.7. The molecule has 1 N–H and O–H groups in total. The van der Waals surface area contributed by atoms with Crippen LogP contribution in [-0.4, -0.2) is 25.9 Å². The molecule has 1 amide bonds. The lowest BCUT2D eigenvalue weighted by atomic mass is 10.2. The number of unbranched alkanes of at least 4 members (excludes halogenated alkanes) is 2. The summed E-state index contributed by atoms with van der Waals surface area (Å²) < 4.78 is 2.45. The fraction of sp³-hybridized carbons (Fsp3) is 0.250. The Labute approximate surface area is 165 Å². The zero-order chi connectivity index (χ0) is 19.3. The highest BCUT2D eigenvalue weighted by molar-refractivity contribution is 7.22. The van der Waals surface area contributed by atoms with Gasteiger partial charge in [0, 0.05) is 13.0 Å². The molecule has 2 heterocycles. The molecule has 8 heteroatoms. The van der Waals surface area contributed by atoms with Crippen LogP contribution in [0.1, 0.15) is 25.7 Å². The number of hydrogen-bond donors (Lipinski definition) is 1. The van der Waals surface area contributed by atoms with Gasteiger partial charge in [0.05, 0.1) is 15.6 Å². The topological polar surface area (TPSA) is 89.8 Å². The Balaban J connectivity index is 1.24. The average Bonchev–Trinajstić information content (AvgIpc) is 3.11. The van der Waals surface area contributed by atoms with Crippen LogP contribution in [-0.2, 0) is 11.3 Å². The lowest BCUT2D eigenvalue weighted by molar-refractivity contribution is -0.116. The Kier molecular flexibility index (Phi) is 5.38. The standard InChI is InChI=1S/C20H19N5O2S/c26-18(22-20-21-16-10-5-6-11-17(16)28-20)12-2-1-7-13-25-19(27)14-8-3-4-9-15(14)23-24-25/h3-6,8-11H,1-2,7,12-13H2,(H,21,22,26). The van der Waals surface area contributed by atoms with E-state index in [9.17, 15) is 9.59 Å². The first kappa shape index (κ1) is 18.2. The molecule has 0 atom stereocenters. The SMILES string of the molecule is O=C(CCCCCn1nnc2ccccc2c1=O)Nc1nc2ccccc2s1. The smallest absolute Gasteiger partial charge is 0.277 e. The molecule has 4 rings (SSSR count). The third-order valence-corrected chi connectivity index (χ3v) is 5.40. The monoisotopic (exact) mass is 393 g/mol. The first-order valence-electron chi connectivity index (χ1n) is 9.19. The summed E-state index contributed by atoms with van der Waals surface area (Å²) in [6.45, 7) is 0.496. The van der Waals surface area contributed by atoms with Crippen LogP contribution < -0.4 is 10.9 Å². The zero-order valence-electron chi connectivity index (χ0n) is 15.2. The molecule has 0 spiro atoms. The Morgan fingerprint density at radius 1 is 1.00 bits per heavy atom. The predicted molar refractivity (Wildman–Crippen MR) is 111 cm³/mol. The number of para-hydroxylation sites is 1. The maximum Gasteiger partial charge on any atom is 0.277 e. The minimum absolute atomic E-state index is 0.0401. The lowest BCUT2D eigenvalue weighted by Crippen LogP contribution is -2.24. The van der Waals surface area contributed by atoms with Crippen molar-refractivity contribution in [1.29, 1.82) is 0 Å². The van der Waals surface area contributed by atoms with Crippen LogP contribution in [0.25, 0.3) is 21.1 Å². The fourth-order valence-electron chi connectivity index (χ4n) is 3.00. The molecular formula is C20H19N5O2S. The third-order valence-electron chi connectivity index (χ3n) is 4.44. The molecule has 2 aromatic carbocycles. The summed E-state index contributed by atoms with van der Waals surface area (Å²) in [5.41, 5.74) is 1.37. The van der Waals surface area contributed by atoms with Crippen molar-refractivity contribution in [3.05, 3.63) is 58.9 Å². The Bertz CT molecular complexity index is 1150. The lowest BCUT2D eigenvalue weighted by Gasteiger charge is -2.05. The number of thiazole rings is 1. The first-order valence-corrected chi connectivity index (χ1v) is 10.0. The number of aromatic nitrogens is 4. The van der Waals surface area contributed by atoms with Crippen LogP contribution in [0.15, 0.2) is 53.3 Å². The maximum absolute atomic E-state index is 12.4. The highest BCUT2D eigenvalue weighted by atomic mass is 32.1. The van der Waals surface area contributed by atoms with Crippen LogP contribution >= 0.6 is 11.3 Å². The van der Waals surface area contributed by atoms with Crippen LogP contribution in [0.2, 0.25) is 0 Å². The van der Waals surface area contributed by atoms with Crippen molar-refractivity contribution in [3.8, 4) is 0 Å². The van der Waals surface area contributed by atoms with Crippen LogP contribution in [0.4, 0.5) is 5.13 Å². The van der Waals surface area contributed by atoms with Gasteiger partial charge in [-0.05, 0) is 37.1 Å². The van der Waals surface area contributed by atoms with Gasteiger partial charge in [-0.2, -0.15) is 0 Å². The molecule has 0 aliphatic heterocycles. The minimum atomic E-state index is -0.126. The molecule has 7 nitrogen and oxygen atoms in total. The fourth-order valence-corrected chi connectivity index (χ4v) is 3.88. The molecule has 4 aromatic rings. The average molecular weight is 393 g/mol. The number of amides is 1. The largest absolute Gasteiger partial charge is 0.302 e. The van der Waals surface area contributed by atoms with E-state index in [-0.39, 0.29) is 11.5 Å². The summed E-state index contributed by atoms with van der Waals surface area (Å²) in [7, 11) is 0. The van der Waals surface area contributed by atoms with Gasteiger partial charge in [-0.3, -0.25) is 9.59 Å². The molecule has 0 saturated carbocycles. The van der Waals surface area contributed by atoms with Crippen molar-refractivity contribution >= 4 is 43.5 Å². The second-order valence-corrected chi connectivity index (χ2v) is 7.51. The van der Waals surface area contributed by atoms with E-state index < -0.39 is 0 Å². The number of nitrogens with zero attached hydrogens (tertiary/aromatic N) is 4. The van der Waals surface area contributed by atoms with E-state index in [1.165, 1.54) is 16.0 Å². The highest BCUT2D eigenvalue weighted by Crippen LogP contribution is 2.25. The molecule has 0 bridgehead atoms. The van der Waals surface area contributed by atoms with Crippen molar-refractivity contribution in [2.75, 3.05) is 5.32 Å². The van der Waals surface area contributed by atoms with Gasteiger partial charge < -0.3 is 5.32 Å². The molecule has 0 radical (unpaired) electrons. The van der Waals surface area contributed by atoms with Gasteiger partial charge in [0.25, 0.3) is 5.56 Å². The number of rotatable bonds is 7. The number of carbonyl (C=O) groups is 1.